The maximum Gasteiger partial charge on any atom is 0.334 e. The molecular weight excluding hydrogens is 270 g/mol. The van der Waals surface area contributed by atoms with E-state index in [-0.39, 0.29) is 16.7 Å². The Morgan fingerprint density at radius 1 is 1.38 bits per heavy atom. The van der Waals surface area contributed by atoms with Crippen LogP contribution in [0.4, 0.5) is 11.5 Å². The molecule has 0 radical (unpaired) electrons. The maximum absolute atomic E-state index is 11.5. The van der Waals surface area contributed by atoms with E-state index in [0.29, 0.717) is 24.0 Å². The van der Waals surface area contributed by atoms with E-state index in [1.54, 1.807) is 11.7 Å². The summed E-state index contributed by atoms with van der Waals surface area (Å²) in [6, 6.07) is 0.585. The van der Waals surface area contributed by atoms with Gasteiger partial charge in [-0.05, 0) is 39.0 Å². The van der Waals surface area contributed by atoms with Crippen molar-refractivity contribution in [3.63, 3.8) is 0 Å². The van der Waals surface area contributed by atoms with Crippen molar-refractivity contribution in [1.29, 1.82) is 0 Å². The molecule has 1 aliphatic rings. The van der Waals surface area contributed by atoms with Gasteiger partial charge in [-0.25, -0.2) is 4.68 Å². The normalized spacial score (nSPS) is 22.3. The highest BCUT2D eigenvalue weighted by molar-refractivity contribution is 5.62. The van der Waals surface area contributed by atoms with Crippen LogP contribution in [-0.4, -0.2) is 33.3 Å². The van der Waals surface area contributed by atoms with Gasteiger partial charge in [0.1, 0.15) is 5.69 Å². The van der Waals surface area contributed by atoms with Crippen molar-refractivity contribution in [2.75, 3.05) is 11.4 Å². The van der Waals surface area contributed by atoms with Gasteiger partial charge in [-0.1, -0.05) is 6.92 Å². The fourth-order valence-electron chi connectivity index (χ4n) is 3.30. The van der Waals surface area contributed by atoms with Gasteiger partial charge in [-0.2, -0.15) is 5.10 Å². The van der Waals surface area contributed by atoms with Crippen LogP contribution in [0.1, 0.15) is 45.2 Å². The largest absolute Gasteiger partial charge is 0.348 e. The molecule has 2 rings (SSSR count). The van der Waals surface area contributed by atoms with Crippen molar-refractivity contribution in [3.05, 3.63) is 15.8 Å². The van der Waals surface area contributed by atoms with E-state index in [4.69, 9.17) is 5.73 Å². The molecule has 0 saturated heterocycles. The Morgan fingerprint density at radius 3 is 2.48 bits per heavy atom. The van der Waals surface area contributed by atoms with Crippen LogP contribution in [0, 0.1) is 10.1 Å². The first-order chi connectivity index (χ1) is 9.99. The summed E-state index contributed by atoms with van der Waals surface area (Å²) < 4.78 is 1.66. The van der Waals surface area contributed by atoms with Gasteiger partial charge in [-0.15, -0.1) is 0 Å². The molecule has 21 heavy (non-hydrogen) atoms. The molecule has 1 aromatic heterocycles. The molecule has 118 valence electrons. The summed E-state index contributed by atoms with van der Waals surface area (Å²) >= 11 is 0. The third kappa shape index (κ3) is 3.02. The van der Waals surface area contributed by atoms with E-state index in [2.05, 4.69) is 10.00 Å². The van der Waals surface area contributed by atoms with Gasteiger partial charge in [0.05, 0.1) is 4.92 Å². The average molecular weight is 295 g/mol. The van der Waals surface area contributed by atoms with Crippen LogP contribution in [0.15, 0.2) is 0 Å². The van der Waals surface area contributed by atoms with Crippen molar-refractivity contribution < 1.29 is 4.92 Å². The lowest BCUT2D eigenvalue weighted by molar-refractivity contribution is -0.384. The van der Waals surface area contributed by atoms with E-state index in [9.17, 15) is 10.1 Å². The molecule has 0 aliphatic heterocycles. The molecule has 1 saturated carbocycles. The topological polar surface area (TPSA) is 90.2 Å². The Balaban J connectivity index is 2.37. The molecule has 0 aromatic carbocycles. The number of nitrogens with two attached hydrogens (primary N) is 1. The number of anilines is 1. The molecule has 0 spiro atoms. The Labute approximate surface area is 125 Å². The monoisotopic (exact) mass is 295 g/mol. The summed E-state index contributed by atoms with van der Waals surface area (Å²) in [6.45, 7) is 4.68. The highest BCUT2D eigenvalue weighted by atomic mass is 16.6. The van der Waals surface area contributed by atoms with E-state index in [0.717, 1.165) is 32.2 Å². The number of aromatic nitrogens is 2. The number of nitro groups is 1. The van der Waals surface area contributed by atoms with Gasteiger partial charge < -0.3 is 10.6 Å². The standard InChI is InChI=1S/C14H25N5O2/c1-4-12-13(19(20)21)14(17(3)16-12)18(5-2)11-8-6-10(15)7-9-11/h10-11H,4-9,15H2,1-3H3. The number of aryl methyl sites for hydroxylation is 2. The van der Waals surface area contributed by atoms with Crippen molar-refractivity contribution in [1.82, 2.24) is 9.78 Å². The van der Waals surface area contributed by atoms with Gasteiger partial charge >= 0.3 is 5.69 Å². The van der Waals surface area contributed by atoms with Gasteiger partial charge in [0.2, 0.25) is 5.82 Å². The first kappa shape index (κ1) is 15.8. The Bertz CT molecular complexity index is 506. The van der Waals surface area contributed by atoms with E-state index in [1.165, 1.54) is 0 Å². The van der Waals surface area contributed by atoms with Crippen LogP contribution in [-0.2, 0) is 13.5 Å². The minimum absolute atomic E-state index is 0.164. The van der Waals surface area contributed by atoms with Crippen LogP contribution in [0.5, 0.6) is 0 Å². The fraction of sp³-hybridized carbons (Fsp3) is 0.786. The summed E-state index contributed by atoms with van der Waals surface area (Å²) in [6.07, 6.45) is 4.50. The van der Waals surface area contributed by atoms with Gasteiger partial charge in [0, 0.05) is 25.7 Å². The average Bonchev–Trinajstić information content (AvgIpc) is 2.79. The molecule has 1 aliphatic carbocycles. The second-order valence-electron chi connectivity index (χ2n) is 5.71. The fourth-order valence-corrected chi connectivity index (χ4v) is 3.30. The van der Waals surface area contributed by atoms with Crippen molar-refractivity contribution >= 4 is 11.5 Å². The Hall–Kier alpha value is -1.63. The van der Waals surface area contributed by atoms with Crippen molar-refractivity contribution in [2.24, 2.45) is 12.8 Å². The minimum atomic E-state index is -0.293. The number of nitrogens with zero attached hydrogens (tertiary/aromatic N) is 4. The smallest absolute Gasteiger partial charge is 0.334 e. The number of hydrogen-bond donors (Lipinski definition) is 1. The molecule has 0 bridgehead atoms. The summed E-state index contributed by atoms with van der Waals surface area (Å²) in [5.74, 6) is 0.639. The number of hydrogen-bond acceptors (Lipinski definition) is 5. The summed E-state index contributed by atoms with van der Waals surface area (Å²) in [7, 11) is 1.79. The molecule has 0 unspecified atom stereocenters. The SMILES string of the molecule is CCc1nn(C)c(N(CC)C2CCC(N)CC2)c1[N+](=O)[O-]. The quantitative estimate of drug-likeness (QED) is 0.662. The predicted octanol–water partition coefficient (Wildman–Crippen LogP) is 1.99. The number of rotatable bonds is 5. The second kappa shape index (κ2) is 6.43. The van der Waals surface area contributed by atoms with E-state index < -0.39 is 0 Å². The molecule has 1 fully saturated rings. The first-order valence-corrected chi connectivity index (χ1v) is 7.72. The Morgan fingerprint density at radius 2 is 2.00 bits per heavy atom. The predicted molar refractivity (Wildman–Crippen MR) is 82.5 cm³/mol. The van der Waals surface area contributed by atoms with Crippen LogP contribution < -0.4 is 10.6 Å². The molecule has 2 N–H and O–H groups in total. The molecule has 0 amide bonds. The van der Waals surface area contributed by atoms with Gasteiger partial charge in [-0.3, -0.25) is 10.1 Å². The molecular formula is C14H25N5O2. The molecule has 7 nitrogen and oxygen atoms in total. The third-order valence-electron chi connectivity index (χ3n) is 4.37. The Kier molecular flexibility index (Phi) is 4.82. The summed E-state index contributed by atoms with van der Waals surface area (Å²) in [4.78, 5) is 13.3. The second-order valence-corrected chi connectivity index (χ2v) is 5.71. The first-order valence-electron chi connectivity index (χ1n) is 7.72. The third-order valence-corrected chi connectivity index (χ3v) is 4.37. The zero-order chi connectivity index (χ0) is 15.6. The summed E-state index contributed by atoms with van der Waals surface area (Å²) in [5, 5.41) is 15.8. The zero-order valence-electron chi connectivity index (χ0n) is 13.1. The highest BCUT2D eigenvalue weighted by Gasteiger charge is 2.33. The van der Waals surface area contributed by atoms with Gasteiger partial charge in [0.15, 0.2) is 0 Å². The van der Waals surface area contributed by atoms with Gasteiger partial charge in [0.25, 0.3) is 0 Å². The maximum atomic E-state index is 11.5. The molecule has 7 heteroatoms. The van der Waals surface area contributed by atoms with Crippen molar-refractivity contribution in [2.45, 2.75) is 58.0 Å². The lowest BCUT2D eigenvalue weighted by Crippen LogP contribution is -2.42. The van der Waals surface area contributed by atoms with Crippen LogP contribution in [0.3, 0.4) is 0 Å². The van der Waals surface area contributed by atoms with Crippen LogP contribution >= 0.6 is 0 Å². The molecule has 1 aromatic rings. The van der Waals surface area contributed by atoms with E-state index in [1.807, 2.05) is 13.8 Å². The highest BCUT2D eigenvalue weighted by Crippen LogP contribution is 2.35. The minimum Gasteiger partial charge on any atom is -0.348 e. The van der Waals surface area contributed by atoms with E-state index >= 15 is 0 Å². The molecule has 1 heterocycles. The van der Waals surface area contributed by atoms with Crippen molar-refractivity contribution in [3.8, 4) is 0 Å². The summed E-state index contributed by atoms with van der Waals surface area (Å²) in [5.41, 5.74) is 6.69. The molecule has 0 atom stereocenters. The lowest BCUT2D eigenvalue weighted by Gasteiger charge is -2.36. The van der Waals surface area contributed by atoms with Crippen LogP contribution in [0.2, 0.25) is 0 Å². The van der Waals surface area contributed by atoms with Crippen LogP contribution in [0.25, 0.3) is 0 Å². The zero-order valence-corrected chi connectivity index (χ0v) is 13.1. The lowest BCUT2D eigenvalue weighted by atomic mass is 9.90.